The highest BCUT2D eigenvalue weighted by Crippen LogP contribution is 2.43. The summed E-state index contributed by atoms with van der Waals surface area (Å²) in [7, 11) is -4.47. The topological polar surface area (TPSA) is 205 Å². The Morgan fingerprint density at radius 1 is 0.864 bits per heavy atom. The Balaban J connectivity index is 1.73. The lowest BCUT2D eigenvalue weighted by Crippen LogP contribution is -2.29. The minimum atomic E-state index is -4.47. The number of carbonyl (C=O) groups excluding carboxylic acids is 3. The van der Waals surface area contributed by atoms with Gasteiger partial charge in [-0.1, -0.05) is 95.9 Å². The lowest BCUT2D eigenvalue weighted by Gasteiger charge is -2.19. The molecule has 1 unspecified atom stereocenters. The van der Waals surface area contributed by atoms with Crippen molar-refractivity contribution in [1.29, 1.82) is 0 Å². The van der Waals surface area contributed by atoms with E-state index in [1.54, 1.807) is 12.2 Å². The quantitative estimate of drug-likeness (QED) is 0.0222. The molecule has 1 saturated carbocycles. The SMILES string of the molecule is CCCCCc1oc(CCCCCCCCC(=O)OC[C@H](COP(=O)(O)OCCN)OC(=O)CCC/C=C\C[C@H]2C(=O)C[C@@H](O)[C@@H]2/C=C/[C@@H](O)CCCCC)c(C)c1C. The lowest BCUT2D eigenvalue weighted by atomic mass is 9.90. The van der Waals surface area contributed by atoms with Crippen LogP contribution in [0, 0.1) is 25.7 Å². The molecule has 0 aliphatic heterocycles. The third-order valence-corrected chi connectivity index (χ3v) is 11.9. The number of Topliss-reactive ketones (excluding diaryl/α,β-unsaturated/α-hetero) is 1. The molecule has 0 amide bonds. The molecule has 1 aliphatic rings. The van der Waals surface area contributed by atoms with Crippen molar-refractivity contribution < 1.29 is 57.0 Å². The van der Waals surface area contributed by atoms with E-state index in [1.807, 2.05) is 12.2 Å². The van der Waals surface area contributed by atoms with Crippen molar-refractivity contribution in [2.75, 3.05) is 26.4 Å². The number of aliphatic hydroxyl groups excluding tert-OH is 2. The zero-order valence-corrected chi connectivity index (χ0v) is 37.3. The first-order valence-corrected chi connectivity index (χ1v) is 23.8. The van der Waals surface area contributed by atoms with E-state index in [0.717, 1.165) is 82.1 Å². The van der Waals surface area contributed by atoms with Crippen LogP contribution in [0.2, 0.25) is 0 Å². The Labute approximate surface area is 353 Å². The van der Waals surface area contributed by atoms with E-state index in [9.17, 15) is 34.1 Å². The third-order valence-electron chi connectivity index (χ3n) is 10.9. The first kappa shape index (κ1) is 52.5. The molecule has 0 spiro atoms. The van der Waals surface area contributed by atoms with Crippen LogP contribution >= 0.6 is 7.82 Å². The van der Waals surface area contributed by atoms with Crippen LogP contribution in [-0.2, 0) is 50.3 Å². The molecule has 0 aromatic carbocycles. The predicted octanol–water partition coefficient (Wildman–Crippen LogP) is 8.63. The third kappa shape index (κ3) is 22.1. The molecule has 13 nitrogen and oxygen atoms in total. The van der Waals surface area contributed by atoms with Crippen molar-refractivity contribution in [3.05, 3.63) is 47.0 Å². The summed E-state index contributed by atoms with van der Waals surface area (Å²) < 4.78 is 39.0. The van der Waals surface area contributed by atoms with E-state index in [4.69, 9.17) is 28.7 Å². The van der Waals surface area contributed by atoms with Gasteiger partial charge in [0, 0.05) is 50.5 Å². The van der Waals surface area contributed by atoms with Crippen molar-refractivity contribution in [3.63, 3.8) is 0 Å². The molecule has 0 bridgehead atoms. The van der Waals surface area contributed by atoms with Gasteiger partial charge in [0.1, 0.15) is 23.9 Å². The van der Waals surface area contributed by atoms with Gasteiger partial charge in [-0.3, -0.25) is 23.4 Å². The van der Waals surface area contributed by atoms with E-state index in [0.29, 0.717) is 32.1 Å². The molecule has 1 aromatic rings. The van der Waals surface area contributed by atoms with Gasteiger partial charge in [0.05, 0.1) is 25.4 Å². The monoisotopic (exact) mass is 854 g/mol. The fourth-order valence-electron chi connectivity index (χ4n) is 7.20. The van der Waals surface area contributed by atoms with E-state index in [1.165, 1.54) is 24.0 Å². The van der Waals surface area contributed by atoms with Gasteiger partial charge >= 0.3 is 19.8 Å². The second kappa shape index (κ2) is 30.4. The summed E-state index contributed by atoms with van der Waals surface area (Å²) in [6, 6.07) is 0. The van der Waals surface area contributed by atoms with Crippen LogP contribution in [0.4, 0.5) is 0 Å². The summed E-state index contributed by atoms with van der Waals surface area (Å²) in [5.41, 5.74) is 7.91. The fraction of sp³-hybridized carbons (Fsp3) is 0.756. The number of ether oxygens (including phenoxy) is 2. The highest BCUT2D eigenvalue weighted by atomic mass is 31.2. The minimum absolute atomic E-state index is 0.00262. The summed E-state index contributed by atoms with van der Waals surface area (Å²) in [5, 5.41) is 20.7. The van der Waals surface area contributed by atoms with Gasteiger partial charge in [-0.25, -0.2) is 4.57 Å². The lowest BCUT2D eigenvalue weighted by molar-refractivity contribution is -0.161. The van der Waals surface area contributed by atoms with Gasteiger partial charge in [0.2, 0.25) is 0 Å². The largest absolute Gasteiger partial charge is 0.472 e. The number of phosphoric ester groups is 1. The number of hydrogen-bond acceptors (Lipinski definition) is 12. The second-order valence-corrected chi connectivity index (χ2v) is 17.4. The number of phosphoric acid groups is 1. The van der Waals surface area contributed by atoms with Crippen LogP contribution in [0.1, 0.15) is 158 Å². The maximum absolute atomic E-state index is 12.7. The Morgan fingerprint density at radius 3 is 2.17 bits per heavy atom. The Hall–Kier alpha value is -2.64. The number of allylic oxidation sites excluding steroid dienone is 2. The highest BCUT2D eigenvalue weighted by Gasteiger charge is 2.39. The fourth-order valence-corrected chi connectivity index (χ4v) is 7.97. The van der Waals surface area contributed by atoms with Gasteiger partial charge < -0.3 is 34.7 Å². The number of aryl methyl sites for hydroxylation is 2. The molecule has 0 saturated heterocycles. The highest BCUT2D eigenvalue weighted by molar-refractivity contribution is 7.47. The van der Waals surface area contributed by atoms with Gasteiger partial charge in [-0.05, 0) is 69.9 Å². The number of unbranched alkanes of at least 4 members (excludes halogenated alkanes) is 10. The number of carbonyl (C=O) groups is 3. The van der Waals surface area contributed by atoms with Gasteiger partial charge in [-0.15, -0.1) is 0 Å². The number of furan rings is 1. The molecule has 338 valence electrons. The summed E-state index contributed by atoms with van der Waals surface area (Å²) in [6.45, 7) is 7.53. The molecule has 2 rings (SSSR count). The van der Waals surface area contributed by atoms with Gasteiger partial charge in [0.25, 0.3) is 0 Å². The standard InChI is InChI=1S/C45H76NO12P/c1-5-7-15-21-36(47)27-28-39-38(40(48)31-41(39)49)22-17-13-14-20-26-45(51)57-37(33-56-59(52,53)55-30-29-46)32-54-44(50)25-19-12-10-9-11-18-24-43-35(4)34(3)42(58-43)23-16-8-6-2/h13,17,27-28,36-39,41,47,49H,5-12,14-16,18-26,29-33,46H2,1-4H3,(H,52,53)/b17-13-,28-27+/t36-,37+,38+,39+,41+/m0/s1. The van der Waals surface area contributed by atoms with E-state index in [-0.39, 0.29) is 56.6 Å². The van der Waals surface area contributed by atoms with E-state index in [2.05, 4.69) is 27.7 Å². The summed E-state index contributed by atoms with van der Waals surface area (Å²) >= 11 is 0. The first-order chi connectivity index (χ1) is 28.3. The Kier molecular flexibility index (Phi) is 27.0. The Morgan fingerprint density at radius 2 is 1.49 bits per heavy atom. The number of ketones is 1. The molecule has 1 fully saturated rings. The summed E-state index contributed by atoms with van der Waals surface area (Å²) in [4.78, 5) is 47.8. The molecular weight excluding hydrogens is 777 g/mol. The van der Waals surface area contributed by atoms with Crippen molar-refractivity contribution in [2.24, 2.45) is 17.6 Å². The molecule has 59 heavy (non-hydrogen) atoms. The van der Waals surface area contributed by atoms with Crippen LogP contribution in [-0.4, -0.2) is 77.5 Å². The molecule has 1 heterocycles. The molecule has 1 aromatic heterocycles. The predicted molar refractivity (Wildman–Crippen MR) is 229 cm³/mol. The van der Waals surface area contributed by atoms with Crippen LogP contribution in [0.3, 0.4) is 0 Å². The number of nitrogens with two attached hydrogens (primary N) is 1. The van der Waals surface area contributed by atoms with Crippen molar-refractivity contribution in [1.82, 2.24) is 0 Å². The molecule has 14 heteroatoms. The number of hydrogen-bond donors (Lipinski definition) is 4. The Bertz CT molecular complexity index is 1460. The van der Waals surface area contributed by atoms with Crippen LogP contribution in [0.25, 0.3) is 0 Å². The number of esters is 2. The van der Waals surface area contributed by atoms with Crippen molar-refractivity contribution in [2.45, 2.75) is 181 Å². The molecule has 0 radical (unpaired) electrons. The van der Waals surface area contributed by atoms with E-state index < -0.39 is 44.7 Å². The van der Waals surface area contributed by atoms with Gasteiger partial charge in [0.15, 0.2) is 6.10 Å². The molecule has 5 N–H and O–H groups in total. The van der Waals surface area contributed by atoms with Crippen LogP contribution in [0.5, 0.6) is 0 Å². The number of aliphatic hydroxyl groups is 2. The maximum Gasteiger partial charge on any atom is 0.472 e. The number of rotatable bonds is 34. The molecule has 1 aliphatic carbocycles. The molecular formula is C45H76NO12P. The van der Waals surface area contributed by atoms with Crippen molar-refractivity contribution >= 4 is 25.5 Å². The van der Waals surface area contributed by atoms with E-state index >= 15 is 0 Å². The average molecular weight is 854 g/mol. The van der Waals surface area contributed by atoms with Gasteiger partial charge in [-0.2, -0.15) is 0 Å². The van der Waals surface area contributed by atoms with Crippen molar-refractivity contribution in [3.8, 4) is 0 Å². The normalized spacial score (nSPS) is 19.1. The summed E-state index contributed by atoms with van der Waals surface area (Å²) in [5.74, 6) is 0.426. The minimum Gasteiger partial charge on any atom is -0.466 e. The second-order valence-electron chi connectivity index (χ2n) is 15.9. The zero-order valence-electron chi connectivity index (χ0n) is 36.4. The zero-order chi connectivity index (χ0) is 43.5. The van der Waals surface area contributed by atoms with Crippen LogP contribution < -0.4 is 5.73 Å². The average Bonchev–Trinajstić information content (AvgIpc) is 3.63. The first-order valence-electron chi connectivity index (χ1n) is 22.3. The molecule has 6 atom stereocenters. The smallest absolute Gasteiger partial charge is 0.466 e. The maximum atomic E-state index is 12.7. The summed E-state index contributed by atoms with van der Waals surface area (Å²) in [6.07, 6.45) is 21.3. The van der Waals surface area contributed by atoms with Crippen LogP contribution in [0.15, 0.2) is 28.7 Å².